The average Bonchev–Trinajstić information content (AvgIpc) is 2.28. The van der Waals surface area contributed by atoms with E-state index in [0.29, 0.717) is 30.0 Å². The van der Waals surface area contributed by atoms with Crippen molar-refractivity contribution in [2.75, 3.05) is 20.8 Å². The monoisotopic (exact) mass is 227 g/mol. The lowest BCUT2D eigenvalue weighted by Gasteiger charge is -2.15. The third-order valence-corrected chi connectivity index (χ3v) is 2.47. The van der Waals surface area contributed by atoms with Crippen LogP contribution >= 0.6 is 0 Å². The molecule has 0 fully saturated rings. The van der Waals surface area contributed by atoms with Crippen LogP contribution < -0.4 is 15.2 Å². The van der Waals surface area contributed by atoms with E-state index in [0.717, 1.165) is 5.56 Å². The first-order chi connectivity index (χ1) is 7.63. The summed E-state index contributed by atoms with van der Waals surface area (Å²) in [5.74, 6) is 1.19. The maximum absolute atomic E-state index is 13.4. The number of hydrogen-bond acceptors (Lipinski definition) is 3. The Bertz CT molecular complexity index is 353. The molecule has 1 aromatic carbocycles. The van der Waals surface area contributed by atoms with Gasteiger partial charge in [0.05, 0.1) is 14.2 Å². The van der Waals surface area contributed by atoms with Crippen LogP contribution in [0.2, 0.25) is 0 Å². The number of ether oxygens (including phenoxy) is 2. The number of methoxy groups -OCH3 is 2. The smallest absolute Gasteiger partial charge is 0.128 e. The summed E-state index contributed by atoms with van der Waals surface area (Å²) in [5.41, 5.74) is 6.94. The summed E-state index contributed by atoms with van der Waals surface area (Å²) in [6.07, 6.45) is -0.412. The molecule has 2 N–H and O–H groups in total. The minimum Gasteiger partial charge on any atom is -0.496 e. The van der Waals surface area contributed by atoms with E-state index in [9.17, 15) is 4.39 Å². The zero-order valence-corrected chi connectivity index (χ0v) is 9.92. The fourth-order valence-electron chi connectivity index (χ4n) is 1.65. The Labute approximate surface area is 95.4 Å². The molecule has 16 heavy (non-hydrogen) atoms. The molecular formula is C12H18FNO2. The lowest BCUT2D eigenvalue weighted by Crippen LogP contribution is -2.06. The normalized spacial score (nSPS) is 12.3. The van der Waals surface area contributed by atoms with Crippen molar-refractivity contribution in [3.8, 4) is 11.5 Å². The Kier molecular flexibility index (Phi) is 4.55. The molecule has 1 atom stereocenters. The van der Waals surface area contributed by atoms with Gasteiger partial charge >= 0.3 is 0 Å². The molecule has 0 saturated heterocycles. The molecule has 90 valence electrons. The van der Waals surface area contributed by atoms with Crippen molar-refractivity contribution < 1.29 is 13.9 Å². The molecule has 1 unspecified atom stereocenters. The molecule has 0 aliphatic carbocycles. The number of benzene rings is 1. The lowest BCUT2D eigenvalue weighted by molar-refractivity contribution is 0.342. The van der Waals surface area contributed by atoms with E-state index in [-0.39, 0.29) is 0 Å². The van der Waals surface area contributed by atoms with E-state index in [1.54, 1.807) is 19.2 Å². The first-order valence-corrected chi connectivity index (χ1v) is 5.23. The average molecular weight is 227 g/mol. The first kappa shape index (κ1) is 12.8. The summed E-state index contributed by atoms with van der Waals surface area (Å²) in [5, 5.41) is 0. The van der Waals surface area contributed by atoms with Crippen molar-refractivity contribution in [2.45, 2.75) is 19.5 Å². The fraction of sp³-hybridized carbons (Fsp3) is 0.500. The van der Waals surface area contributed by atoms with Gasteiger partial charge in [-0.3, -0.25) is 0 Å². The standard InChI is InChI=1S/C12H18FNO2/c1-8(13)10-6-9(4-5-14)11(15-2)7-12(10)16-3/h6-8H,4-5,14H2,1-3H3. The van der Waals surface area contributed by atoms with Crippen molar-refractivity contribution in [1.29, 1.82) is 0 Å². The highest BCUT2D eigenvalue weighted by molar-refractivity contribution is 5.47. The second-order valence-electron chi connectivity index (χ2n) is 3.56. The summed E-state index contributed by atoms with van der Waals surface area (Å²) in [4.78, 5) is 0. The SMILES string of the molecule is COc1cc(OC)c(C(C)F)cc1CCN. The molecule has 0 amide bonds. The number of alkyl halides is 1. The zero-order valence-electron chi connectivity index (χ0n) is 9.92. The highest BCUT2D eigenvalue weighted by atomic mass is 19.1. The molecule has 4 heteroatoms. The Morgan fingerprint density at radius 3 is 2.31 bits per heavy atom. The van der Waals surface area contributed by atoms with E-state index in [1.807, 2.05) is 0 Å². The summed E-state index contributed by atoms with van der Waals surface area (Å²) in [6, 6.07) is 3.46. The number of rotatable bonds is 5. The van der Waals surface area contributed by atoms with Gasteiger partial charge in [-0.1, -0.05) is 0 Å². The maximum Gasteiger partial charge on any atom is 0.128 e. The van der Waals surface area contributed by atoms with Gasteiger partial charge in [-0.2, -0.15) is 0 Å². The molecule has 3 nitrogen and oxygen atoms in total. The molecule has 0 bridgehead atoms. The molecule has 0 aliphatic rings. The minimum absolute atomic E-state index is 0.503. The quantitative estimate of drug-likeness (QED) is 0.839. The second kappa shape index (κ2) is 5.70. The summed E-state index contributed by atoms with van der Waals surface area (Å²) < 4.78 is 23.7. The van der Waals surface area contributed by atoms with Gasteiger partial charge in [0.25, 0.3) is 0 Å². The van der Waals surface area contributed by atoms with Crippen LogP contribution in [-0.2, 0) is 6.42 Å². The second-order valence-corrected chi connectivity index (χ2v) is 3.56. The number of hydrogen-bond donors (Lipinski definition) is 1. The highest BCUT2D eigenvalue weighted by Gasteiger charge is 2.15. The summed E-state index contributed by atoms with van der Waals surface area (Å²) >= 11 is 0. The van der Waals surface area contributed by atoms with Crippen molar-refractivity contribution in [3.05, 3.63) is 23.3 Å². The van der Waals surface area contributed by atoms with Crippen LogP contribution in [0.4, 0.5) is 4.39 Å². The predicted octanol–water partition coefficient (Wildman–Crippen LogP) is 2.24. The van der Waals surface area contributed by atoms with Gasteiger partial charge in [-0.05, 0) is 31.5 Å². The Morgan fingerprint density at radius 2 is 1.88 bits per heavy atom. The number of halogens is 1. The molecule has 0 radical (unpaired) electrons. The van der Waals surface area contributed by atoms with Crippen LogP contribution in [0.25, 0.3) is 0 Å². The first-order valence-electron chi connectivity index (χ1n) is 5.23. The molecule has 1 rings (SSSR count). The Hall–Kier alpha value is -1.29. The predicted molar refractivity (Wildman–Crippen MR) is 61.8 cm³/mol. The largest absolute Gasteiger partial charge is 0.496 e. The highest BCUT2D eigenvalue weighted by Crippen LogP contribution is 2.34. The van der Waals surface area contributed by atoms with E-state index >= 15 is 0 Å². The summed E-state index contributed by atoms with van der Waals surface area (Å²) in [6.45, 7) is 1.99. The van der Waals surface area contributed by atoms with E-state index < -0.39 is 6.17 Å². The number of nitrogens with two attached hydrogens (primary N) is 1. The maximum atomic E-state index is 13.4. The van der Waals surface area contributed by atoms with Crippen LogP contribution in [-0.4, -0.2) is 20.8 Å². The third-order valence-electron chi connectivity index (χ3n) is 2.47. The molecule has 0 aromatic heterocycles. The van der Waals surface area contributed by atoms with Gasteiger partial charge in [-0.15, -0.1) is 0 Å². The van der Waals surface area contributed by atoms with E-state index in [2.05, 4.69) is 0 Å². The molecular weight excluding hydrogens is 209 g/mol. The van der Waals surface area contributed by atoms with Gasteiger partial charge in [0.2, 0.25) is 0 Å². The van der Waals surface area contributed by atoms with E-state index in [4.69, 9.17) is 15.2 Å². The van der Waals surface area contributed by atoms with Crippen molar-refractivity contribution >= 4 is 0 Å². The topological polar surface area (TPSA) is 44.5 Å². The van der Waals surface area contributed by atoms with Gasteiger partial charge in [-0.25, -0.2) is 4.39 Å². The lowest BCUT2D eigenvalue weighted by atomic mass is 10.0. The van der Waals surface area contributed by atoms with Crippen LogP contribution in [0.3, 0.4) is 0 Å². The fourth-order valence-corrected chi connectivity index (χ4v) is 1.65. The van der Waals surface area contributed by atoms with Crippen LogP contribution in [0.5, 0.6) is 11.5 Å². The molecule has 0 heterocycles. The Balaban J connectivity index is 3.23. The summed E-state index contributed by atoms with van der Waals surface area (Å²) in [7, 11) is 3.09. The zero-order chi connectivity index (χ0) is 12.1. The van der Waals surface area contributed by atoms with Gasteiger partial charge in [0.1, 0.15) is 17.7 Å². The van der Waals surface area contributed by atoms with E-state index in [1.165, 1.54) is 14.0 Å². The van der Waals surface area contributed by atoms with Crippen molar-refractivity contribution in [1.82, 2.24) is 0 Å². The van der Waals surface area contributed by atoms with Crippen molar-refractivity contribution in [3.63, 3.8) is 0 Å². The third kappa shape index (κ3) is 2.64. The Morgan fingerprint density at radius 1 is 1.25 bits per heavy atom. The molecule has 0 spiro atoms. The molecule has 0 saturated carbocycles. The van der Waals surface area contributed by atoms with Crippen molar-refractivity contribution in [2.24, 2.45) is 5.73 Å². The molecule has 0 aliphatic heterocycles. The molecule has 1 aromatic rings. The van der Waals surface area contributed by atoms with Crippen LogP contribution in [0.15, 0.2) is 12.1 Å². The van der Waals surface area contributed by atoms with Crippen LogP contribution in [0.1, 0.15) is 24.2 Å². The van der Waals surface area contributed by atoms with Gasteiger partial charge < -0.3 is 15.2 Å². The van der Waals surface area contributed by atoms with Gasteiger partial charge in [0.15, 0.2) is 0 Å². The van der Waals surface area contributed by atoms with Crippen LogP contribution in [0, 0.1) is 0 Å². The minimum atomic E-state index is -1.07. The van der Waals surface area contributed by atoms with Gasteiger partial charge in [0, 0.05) is 11.6 Å².